The molecule has 0 radical (unpaired) electrons. The van der Waals surface area contributed by atoms with Gasteiger partial charge in [-0.2, -0.15) is 0 Å². The Morgan fingerprint density at radius 3 is 2.37 bits per heavy atom. The number of carbonyl (C=O) groups excluding carboxylic acids is 1. The summed E-state index contributed by atoms with van der Waals surface area (Å²) in [6.07, 6.45) is 7.24. The molecule has 0 unspecified atom stereocenters. The van der Waals surface area contributed by atoms with Gasteiger partial charge in [-0.25, -0.2) is 4.98 Å². The van der Waals surface area contributed by atoms with Crippen LogP contribution in [0.1, 0.15) is 53.1 Å². The quantitative estimate of drug-likeness (QED) is 0.809. The Balaban J connectivity index is 1.26. The van der Waals surface area contributed by atoms with Crippen LogP contribution in [0.15, 0.2) is 35.1 Å². The molecule has 27 heavy (non-hydrogen) atoms. The van der Waals surface area contributed by atoms with Crippen LogP contribution in [0, 0.1) is 12.8 Å². The Morgan fingerprint density at radius 1 is 1.07 bits per heavy atom. The Labute approximate surface area is 161 Å². The second-order valence-corrected chi connectivity index (χ2v) is 8.01. The molecule has 5 heteroatoms. The first kappa shape index (κ1) is 18.2. The number of rotatable bonds is 5. The number of piperidine rings is 1. The van der Waals surface area contributed by atoms with Crippen LogP contribution in [0.2, 0.25) is 0 Å². The van der Waals surface area contributed by atoms with Crippen molar-refractivity contribution in [1.82, 2.24) is 14.8 Å². The first-order chi connectivity index (χ1) is 13.2. The monoisotopic (exact) mass is 367 g/mol. The van der Waals surface area contributed by atoms with Crippen molar-refractivity contribution in [3.8, 4) is 0 Å². The number of oxazole rings is 1. The van der Waals surface area contributed by atoms with Crippen molar-refractivity contribution in [3.05, 3.63) is 53.2 Å². The van der Waals surface area contributed by atoms with E-state index in [-0.39, 0.29) is 5.91 Å². The van der Waals surface area contributed by atoms with Gasteiger partial charge in [-0.15, -0.1) is 0 Å². The van der Waals surface area contributed by atoms with Crippen LogP contribution in [-0.2, 0) is 13.0 Å². The maximum atomic E-state index is 12.5. The summed E-state index contributed by atoms with van der Waals surface area (Å²) < 4.78 is 5.25. The van der Waals surface area contributed by atoms with Crippen LogP contribution >= 0.6 is 0 Å². The smallest absolute Gasteiger partial charge is 0.291 e. The molecular weight excluding hydrogens is 338 g/mol. The minimum absolute atomic E-state index is 0.0188. The average molecular weight is 367 g/mol. The zero-order chi connectivity index (χ0) is 18.6. The molecule has 2 aliphatic heterocycles. The molecule has 1 aromatic heterocycles. The molecule has 5 nitrogen and oxygen atoms in total. The summed E-state index contributed by atoms with van der Waals surface area (Å²) in [5.74, 6) is 1.02. The number of likely N-dealkylation sites (tertiary alicyclic amines) is 2. The van der Waals surface area contributed by atoms with Crippen LogP contribution in [0.25, 0.3) is 0 Å². The zero-order valence-electron chi connectivity index (χ0n) is 16.2. The van der Waals surface area contributed by atoms with Gasteiger partial charge in [0.25, 0.3) is 5.91 Å². The fraction of sp³-hybridized carbons (Fsp3) is 0.545. The van der Waals surface area contributed by atoms with E-state index in [0.29, 0.717) is 17.4 Å². The summed E-state index contributed by atoms with van der Waals surface area (Å²) in [6, 6.07) is 9.17. The summed E-state index contributed by atoms with van der Waals surface area (Å²) in [5.41, 5.74) is 3.51. The Bertz CT molecular complexity index is 754. The van der Waals surface area contributed by atoms with Crippen molar-refractivity contribution in [2.24, 2.45) is 5.92 Å². The Morgan fingerprint density at radius 2 is 1.74 bits per heavy atom. The lowest BCUT2D eigenvalue weighted by molar-refractivity contribution is 0.0657. The Hall–Kier alpha value is -2.14. The predicted molar refractivity (Wildman–Crippen MR) is 105 cm³/mol. The van der Waals surface area contributed by atoms with Crippen LogP contribution in [0.3, 0.4) is 0 Å². The van der Waals surface area contributed by atoms with Gasteiger partial charge in [0, 0.05) is 19.6 Å². The van der Waals surface area contributed by atoms with Gasteiger partial charge in [0.05, 0.1) is 5.69 Å². The van der Waals surface area contributed by atoms with Crippen LogP contribution in [0.5, 0.6) is 0 Å². The standard InChI is InChI=1S/C22H29N3O2/c1-17-21(27-16-23-17)22(26)25-12-8-19(9-13-25)14-18-4-6-20(7-5-18)15-24-10-2-3-11-24/h4-7,16,19H,2-3,8-15H2,1H3. The van der Waals surface area contributed by atoms with E-state index in [1.165, 1.54) is 43.5 Å². The van der Waals surface area contributed by atoms with Gasteiger partial charge in [0.1, 0.15) is 0 Å². The van der Waals surface area contributed by atoms with Gasteiger partial charge in [0.2, 0.25) is 5.76 Å². The number of hydrogen-bond donors (Lipinski definition) is 0. The van der Waals surface area contributed by atoms with E-state index in [2.05, 4.69) is 34.1 Å². The van der Waals surface area contributed by atoms with Crippen molar-refractivity contribution in [3.63, 3.8) is 0 Å². The van der Waals surface area contributed by atoms with Gasteiger partial charge in [-0.05, 0) is 69.2 Å². The summed E-state index contributed by atoms with van der Waals surface area (Å²) in [5, 5.41) is 0. The van der Waals surface area contributed by atoms with Crippen LogP contribution in [0.4, 0.5) is 0 Å². The molecule has 144 valence electrons. The van der Waals surface area contributed by atoms with Crippen LogP contribution < -0.4 is 0 Å². The summed E-state index contributed by atoms with van der Waals surface area (Å²) in [6.45, 7) is 6.99. The maximum Gasteiger partial charge on any atom is 0.291 e. The molecule has 2 aliphatic rings. The fourth-order valence-electron chi connectivity index (χ4n) is 4.30. The second-order valence-electron chi connectivity index (χ2n) is 8.01. The van der Waals surface area contributed by atoms with E-state index in [4.69, 9.17) is 4.42 Å². The van der Waals surface area contributed by atoms with Crippen molar-refractivity contribution >= 4 is 5.91 Å². The van der Waals surface area contributed by atoms with Crippen molar-refractivity contribution in [2.45, 2.75) is 45.6 Å². The highest BCUT2D eigenvalue weighted by Gasteiger charge is 2.26. The number of nitrogens with zero attached hydrogens (tertiary/aromatic N) is 3. The lowest BCUT2D eigenvalue weighted by atomic mass is 9.90. The molecule has 2 saturated heterocycles. The van der Waals surface area contributed by atoms with E-state index < -0.39 is 0 Å². The van der Waals surface area contributed by atoms with Gasteiger partial charge in [-0.1, -0.05) is 24.3 Å². The minimum atomic E-state index is -0.0188. The lowest BCUT2D eigenvalue weighted by Crippen LogP contribution is -2.39. The molecule has 0 saturated carbocycles. The second kappa shape index (κ2) is 8.26. The number of carbonyl (C=O) groups is 1. The average Bonchev–Trinajstić information content (AvgIpc) is 3.35. The SMILES string of the molecule is Cc1ncoc1C(=O)N1CCC(Cc2ccc(CN3CCCC3)cc2)CC1. The lowest BCUT2D eigenvalue weighted by Gasteiger charge is -2.31. The normalized spacial score (nSPS) is 18.9. The first-order valence-electron chi connectivity index (χ1n) is 10.2. The molecule has 0 atom stereocenters. The molecule has 0 N–H and O–H groups in total. The summed E-state index contributed by atoms with van der Waals surface area (Å²) in [7, 11) is 0. The third-order valence-electron chi connectivity index (χ3n) is 5.99. The molecule has 3 heterocycles. The molecule has 0 aliphatic carbocycles. The van der Waals surface area contributed by atoms with Crippen molar-refractivity contribution in [2.75, 3.05) is 26.2 Å². The number of hydrogen-bond acceptors (Lipinski definition) is 4. The molecule has 0 bridgehead atoms. The molecule has 1 amide bonds. The van der Waals surface area contributed by atoms with E-state index in [0.717, 1.165) is 38.9 Å². The molecule has 2 aromatic rings. The molecule has 2 fully saturated rings. The number of aromatic nitrogens is 1. The van der Waals surface area contributed by atoms with Gasteiger partial charge in [-0.3, -0.25) is 9.69 Å². The molecule has 1 aromatic carbocycles. The number of amides is 1. The van der Waals surface area contributed by atoms with E-state index >= 15 is 0 Å². The Kier molecular flexibility index (Phi) is 5.58. The van der Waals surface area contributed by atoms with Gasteiger partial charge < -0.3 is 9.32 Å². The molecule has 0 spiro atoms. The minimum Gasteiger partial charge on any atom is -0.438 e. The molecule has 4 rings (SSSR count). The number of benzene rings is 1. The largest absolute Gasteiger partial charge is 0.438 e. The summed E-state index contributed by atoms with van der Waals surface area (Å²) in [4.78, 5) is 21.0. The fourth-order valence-corrected chi connectivity index (χ4v) is 4.30. The van der Waals surface area contributed by atoms with E-state index in [1.54, 1.807) is 0 Å². The van der Waals surface area contributed by atoms with E-state index in [1.807, 2.05) is 11.8 Å². The number of aryl methyl sites for hydroxylation is 1. The van der Waals surface area contributed by atoms with Crippen molar-refractivity contribution in [1.29, 1.82) is 0 Å². The highest BCUT2D eigenvalue weighted by atomic mass is 16.3. The van der Waals surface area contributed by atoms with Gasteiger partial charge >= 0.3 is 0 Å². The van der Waals surface area contributed by atoms with Gasteiger partial charge in [0.15, 0.2) is 6.39 Å². The topological polar surface area (TPSA) is 49.6 Å². The maximum absolute atomic E-state index is 12.5. The van der Waals surface area contributed by atoms with Crippen LogP contribution in [-0.4, -0.2) is 46.9 Å². The van der Waals surface area contributed by atoms with E-state index in [9.17, 15) is 4.79 Å². The third kappa shape index (κ3) is 4.41. The highest BCUT2D eigenvalue weighted by molar-refractivity contribution is 5.92. The van der Waals surface area contributed by atoms with Crippen molar-refractivity contribution < 1.29 is 9.21 Å². The predicted octanol–water partition coefficient (Wildman–Crippen LogP) is 3.67. The highest BCUT2D eigenvalue weighted by Crippen LogP contribution is 2.24. The molecular formula is C22H29N3O2. The third-order valence-corrected chi connectivity index (χ3v) is 5.99. The zero-order valence-corrected chi connectivity index (χ0v) is 16.2. The summed E-state index contributed by atoms with van der Waals surface area (Å²) >= 11 is 0. The first-order valence-corrected chi connectivity index (χ1v) is 10.2.